The first kappa shape index (κ1) is 15.8. The lowest BCUT2D eigenvalue weighted by Gasteiger charge is -2.07. The van der Waals surface area contributed by atoms with Crippen molar-refractivity contribution in [1.29, 1.82) is 0 Å². The first-order valence-electron chi connectivity index (χ1n) is 5.71. The highest BCUT2D eigenvalue weighted by molar-refractivity contribution is 6.32. The molecule has 102 valence electrons. The maximum absolute atomic E-state index is 6.06. The van der Waals surface area contributed by atoms with Gasteiger partial charge in [0.2, 0.25) is 0 Å². The van der Waals surface area contributed by atoms with Gasteiger partial charge in [-0.25, -0.2) is 0 Å². The van der Waals surface area contributed by atoms with Crippen molar-refractivity contribution in [3.05, 3.63) is 58.9 Å². The van der Waals surface area contributed by atoms with Crippen LogP contribution in [-0.4, -0.2) is 12.1 Å². The molecule has 3 nitrogen and oxygen atoms in total. The third kappa shape index (κ3) is 4.71. The van der Waals surface area contributed by atoms with Gasteiger partial charge in [-0.1, -0.05) is 23.7 Å². The minimum atomic E-state index is 0. The van der Waals surface area contributed by atoms with Gasteiger partial charge in [0.05, 0.1) is 12.1 Å². The van der Waals surface area contributed by atoms with Gasteiger partial charge in [-0.3, -0.25) is 4.98 Å². The fraction of sp³-hybridized carbons (Fsp3) is 0.214. The Morgan fingerprint density at radius 2 is 2.00 bits per heavy atom. The summed E-state index contributed by atoms with van der Waals surface area (Å²) in [6.07, 6.45) is 3.63. The maximum Gasteiger partial charge on any atom is 0.137 e. The fourth-order valence-corrected chi connectivity index (χ4v) is 1.95. The van der Waals surface area contributed by atoms with Gasteiger partial charge < -0.3 is 10.1 Å². The number of hydrogen-bond acceptors (Lipinski definition) is 3. The van der Waals surface area contributed by atoms with Crippen molar-refractivity contribution in [2.45, 2.75) is 13.1 Å². The lowest BCUT2D eigenvalue weighted by Crippen LogP contribution is -2.12. The number of aromatic nitrogens is 1. The quantitative estimate of drug-likeness (QED) is 0.918. The zero-order valence-corrected chi connectivity index (χ0v) is 12.2. The summed E-state index contributed by atoms with van der Waals surface area (Å²) in [7, 11) is 1.61. The molecule has 1 aromatic heterocycles. The van der Waals surface area contributed by atoms with E-state index in [4.69, 9.17) is 16.3 Å². The molecule has 2 rings (SSSR count). The molecular weight excluding hydrogens is 283 g/mol. The van der Waals surface area contributed by atoms with Crippen LogP contribution < -0.4 is 10.1 Å². The van der Waals surface area contributed by atoms with Gasteiger partial charge in [0.1, 0.15) is 5.75 Å². The van der Waals surface area contributed by atoms with Gasteiger partial charge in [0.25, 0.3) is 0 Å². The van der Waals surface area contributed by atoms with Crippen LogP contribution in [0.25, 0.3) is 0 Å². The summed E-state index contributed by atoms with van der Waals surface area (Å²) in [5.74, 6) is 0.702. The number of halogens is 2. The summed E-state index contributed by atoms with van der Waals surface area (Å²) in [5, 5.41) is 3.98. The molecule has 0 atom stereocenters. The topological polar surface area (TPSA) is 34.1 Å². The van der Waals surface area contributed by atoms with Crippen LogP contribution in [0.2, 0.25) is 5.02 Å². The molecule has 0 saturated heterocycles. The smallest absolute Gasteiger partial charge is 0.137 e. The fourth-order valence-electron chi connectivity index (χ4n) is 1.67. The second kappa shape index (κ2) is 8.00. The van der Waals surface area contributed by atoms with Crippen LogP contribution in [0.4, 0.5) is 0 Å². The van der Waals surface area contributed by atoms with Crippen LogP contribution in [0.3, 0.4) is 0 Å². The van der Waals surface area contributed by atoms with E-state index in [0.717, 1.165) is 24.2 Å². The Morgan fingerprint density at radius 1 is 1.21 bits per heavy atom. The molecule has 0 radical (unpaired) electrons. The highest BCUT2D eigenvalue weighted by atomic mass is 35.5. The van der Waals surface area contributed by atoms with E-state index < -0.39 is 0 Å². The molecule has 19 heavy (non-hydrogen) atoms. The standard InChI is InChI=1S/C14H15ClN2O.ClH/c1-18-14-5-4-11(7-13(14)15)8-17-10-12-3-2-6-16-9-12;/h2-7,9,17H,8,10H2,1H3;1H. The number of pyridine rings is 1. The molecule has 1 N–H and O–H groups in total. The predicted molar refractivity (Wildman–Crippen MR) is 80.0 cm³/mol. The molecular formula is C14H16Cl2N2O. The molecule has 0 amide bonds. The Morgan fingerprint density at radius 3 is 2.63 bits per heavy atom. The summed E-state index contributed by atoms with van der Waals surface area (Å²) in [6, 6.07) is 9.77. The van der Waals surface area contributed by atoms with Gasteiger partial charge in [-0.2, -0.15) is 0 Å². The molecule has 0 fully saturated rings. The summed E-state index contributed by atoms with van der Waals surface area (Å²) < 4.78 is 5.11. The van der Waals surface area contributed by atoms with Crippen molar-refractivity contribution >= 4 is 24.0 Å². The normalized spacial score (nSPS) is 9.79. The van der Waals surface area contributed by atoms with Crippen molar-refractivity contribution in [1.82, 2.24) is 10.3 Å². The first-order chi connectivity index (χ1) is 8.79. The number of nitrogens with one attached hydrogen (secondary N) is 1. The average molecular weight is 299 g/mol. The summed E-state index contributed by atoms with van der Waals surface area (Å²) in [5.41, 5.74) is 2.29. The van der Waals surface area contributed by atoms with Gasteiger partial charge in [-0.05, 0) is 29.3 Å². The van der Waals surface area contributed by atoms with Gasteiger partial charge >= 0.3 is 0 Å². The minimum absolute atomic E-state index is 0. The van der Waals surface area contributed by atoms with E-state index in [-0.39, 0.29) is 12.4 Å². The van der Waals surface area contributed by atoms with Crippen LogP contribution in [0.1, 0.15) is 11.1 Å². The average Bonchev–Trinajstić information content (AvgIpc) is 2.40. The number of ether oxygens (including phenoxy) is 1. The van der Waals surface area contributed by atoms with E-state index in [1.165, 1.54) is 0 Å². The summed E-state index contributed by atoms with van der Waals surface area (Å²) >= 11 is 6.06. The molecule has 0 spiro atoms. The second-order valence-corrected chi connectivity index (χ2v) is 4.34. The highest BCUT2D eigenvalue weighted by Crippen LogP contribution is 2.24. The van der Waals surface area contributed by atoms with Crippen LogP contribution in [0.5, 0.6) is 5.75 Å². The lowest BCUT2D eigenvalue weighted by atomic mass is 10.2. The molecule has 0 saturated carbocycles. The largest absolute Gasteiger partial charge is 0.495 e. The van der Waals surface area contributed by atoms with Crippen molar-refractivity contribution in [2.24, 2.45) is 0 Å². The zero-order valence-electron chi connectivity index (χ0n) is 10.6. The Labute approximate surface area is 124 Å². The van der Waals surface area contributed by atoms with Crippen LogP contribution in [0, 0.1) is 0 Å². The summed E-state index contributed by atoms with van der Waals surface area (Å²) in [4.78, 5) is 4.07. The van der Waals surface area contributed by atoms with Gasteiger partial charge in [-0.15, -0.1) is 12.4 Å². The molecule has 1 aromatic carbocycles. The number of rotatable bonds is 5. The Bertz CT molecular complexity index is 506. The SMILES string of the molecule is COc1ccc(CNCc2cccnc2)cc1Cl.Cl. The zero-order chi connectivity index (χ0) is 12.8. The minimum Gasteiger partial charge on any atom is -0.495 e. The van der Waals surface area contributed by atoms with Crippen LogP contribution in [0.15, 0.2) is 42.7 Å². The van der Waals surface area contributed by atoms with Crippen LogP contribution >= 0.6 is 24.0 Å². The molecule has 0 bridgehead atoms. The third-order valence-corrected chi connectivity index (χ3v) is 2.89. The van der Waals surface area contributed by atoms with E-state index in [9.17, 15) is 0 Å². The van der Waals surface area contributed by atoms with E-state index >= 15 is 0 Å². The second-order valence-electron chi connectivity index (χ2n) is 3.93. The number of hydrogen-bond donors (Lipinski definition) is 1. The van der Waals surface area contributed by atoms with Crippen molar-refractivity contribution in [2.75, 3.05) is 7.11 Å². The molecule has 5 heteroatoms. The molecule has 0 aliphatic heterocycles. The van der Waals surface area contributed by atoms with Crippen molar-refractivity contribution < 1.29 is 4.74 Å². The number of nitrogens with zero attached hydrogens (tertiary/aromatic N) is 1. The van der Waals surface area contributed by atoms with Gasteiger partial charge in [0, 0.05) is 25.5 Å². The monoisotopic (exact) mass is 298 g/mol. The molecule has 0 aliphatic carbocycles. The first-order valence-corrected chi connectivity index (χ1v) is 6.09. The Balaban J connectivity index is 0.00000180. The number of benzene rings is 1. The number of methoxy groups -OCH3 is 1. The van der Waals surface area contributed by atoms with E-state index in [1.54, 1.807) is 13.3 Å². The van der Waals surface area contributed by atoms with E-state index in [2.05, 4.69) is 10.3 Å². The molecule has 0 aliphatic rings. The predicted octanol–water partition coefficient (Wildman–Crippen LogP) is 3.46. The van der Waals surface area contributed by atoms with Crippen molar-refractivity contribution in [3.8, 4) is 5.75 Å². The van der Waals surface area contributed by atoms with E-state index in [0.29, 0.717) is 10.8 Å². The Hall–Kier alpha value is -1.29. The van der Waals surface area contributed by atoms with Crippen LogP contribution in [-0.2, 0) is 13.1 Å². The third-order valence-electron chi connectivity index (χ3n) is 2.60. The highest BCUT2D eigenvalue weighted by Gasteiger charge is 2.01. The molecule has 0 unspecified atom stereocenters. The lowest BCUT2D eigenvalue weighted by molar-refractivity contribution is 0.415. The van der Waals surface area contributed by atoms with Crippen molar-refractivity contribution in [3.63, 3.8) is 0 Å². The molecule has 1 heterocycles. The van der Waals surface area contributed by atoms with Gasteiger partial charge in [0.15, 0.2) is 0 Å². The van der Waals surface area contributed by atoms with E-state index in [1.807, 2.05) is 36.5 Å². The summed E-state index contributed by atoms with van der Waals surface area (Å²) in [6.45, 7) is 1.55. The Kier molecular flexibility index (Phi) is 6.64. The maximum atomic E-state index is 6.06. The molecule has 2 aromatic rings.